The Balaban J connectivity index is 1.45. The Morgan fingerprint density at radius 1 is 1.35 bits per heavy atom. The summed E-state index contributed by atoms with van der Waals surface area (Å²) in [6.45, 7) is 2.83. The van der Waals surface area contributed by atoms with Gasteiger partial charge in [-0.25, -0.2) is 0 Å². The van der Waals surface area contributed by atoms with Crippen LogP contribution in [0.15, 0.2) is 6.20 Å². The minimum absolute atomic E-state index is 0.0594. The molecule has 1 aliphatic carbocycles. The van der Waals surface area contributed by atoms with Gasteiger partial charge in [-0.2, -0.15) is 0 Å². The zero-order chi connectivity index (χ0) is 18.4. The topological polar surface area (TPSA) is 89.3 Å². The van der Waals surface area contributed by atoms with E-state index in [2.05, 4.69) is 22.6 Å². The molecule has 2 heterocycles. The molecule has 0 spiro atoms. The lowest BCUT2D eigenvalue weighted by Crippen LogP contribution is -2.52. The van der Waals surface area contributed by atoms with Crippen molar-refractivity contribution < 1.29 is 14.6 Å². The van der Waals surface area contributed by atoms with Crippen molar-refractivity contribution in [3.63, 3.8) is 0 Å². The zero-order valence-corrected chi connectivity index (χ0v) is 15.8. The van der Waals surface area contributed by atoms with E-state index in [1.807, 2.05) is 10.9 Å². The number of aryl methyl sites for hydroxylation is 2. The van der Waals surface area contributed by atoms with Gasteiger partial charge in [-0.05, 0) is 38.5 Å². The van der Waals surface area contributed by atoms with Crippen molar-refractivity contribution in [3.05, 3.63) is 11.9 Å². The predicted molar refractivity (Wildman–Crippen MR) is 97.5 cm³/mol. The third kappa shape index (κ3) is 5.04. The second kappa shape index (κ2) is 9.46. The Hall–Kier alpha value is -1.47. The second-order valence-corrected chi connectivity index (χ2v) is 7.66. The average Bonchev–Trinajstić information content (AvgIpc) is 3.33. The van der Waals surface area contributed by atoms with Gasteiger partial charge in [0.2, 0.25) is 5.91 Å². The molecule has 3 rings (SSSR count). The molecule has 0 bridgehead atoms. The van der Waals surface area contributed by atoms with E-state index in [0.717, 1.165) is 70.0 Å². The fourth-order valence-electron chi connectivity index (χ4n) is 4.09. The molecule has 7 nitrogen and oxygen atoms in total. The third-order valence-corrected chi connectivity index (χ3v) is 5.62. The molecule has 1 aliphatic heterocycles. The van der Waals surface area contributed by atoms with Gasteiger partial charge in [-0.15, -0.1) is 5.10 Å². The minimum atomic E-state index is -0.314. The Labute approximate surface area is 155 Å². The molecule has 1 aromatic rings. The number of carbonyl (C=O) groups is 1. The smallest absolute Gasteiger partial charge is 0.223 e. The van der Waals surface area contributed by atoms with Crippen molar-refractivity contribution in [2.75, 3.05) is 6.61 Å². The average molecular weight is 364 g/mol. The van der Waals surface area contributed by atoms with Crippen LogP contribution in [-0.4, -0.2) is 50.9 Å². The van der Waals surface area contributed by atoms with Crippen LogP contribution in [0, 0.1) is 5.92 Å². The van der Waals surface area contributed by atoms with Gasteiger partial charge < -0.3 is 15.2 Å². The fraction of sp³-hybridized carbons (Fsp3) is 0.842. The number of aromatic nitrogens is 3. The SMILES string of the molecule is CCCc1cn(CC[C@@H]2CC[C@@H](NC(=O)C3CCCC3)[C@H](CO)O2)nn1. The summed E-state index contributed by atoms with van der Waals surface area (Å²) in [7, 11) is 0. The number of aliphatic hydroxyl groups is 1. The summed E-state index contributed by atoms with van der Waals surface area (Å²) < 4.78 is 7.93. The molecule has 1 saturated carbocycles. The van der Waals surface area contributed by atoms with E-state index in [1.165, 1.54) is 0 Å². The van der Waals surface area contributed by atoms with E-state index in [4.69, 9.17) is 4.74 Å². The van der Waals surface area contributed by atoms with Crippen molar-refractivity contribution in [1.82, 2.24) is 20.3 Å². The van der Waals surface area contributed by atoms with Crippen molar-refractivity contribution in [1.29, 1.82) is 0 Å². The molecule has 1 aromatic heterocycles. The molecule has 2 N–H and O–H groups in total. The number of hydrogen-bond donors (Lipinski definition) is 2. The summed E-state index contributed by atoms with van der Waals surface area (Å²) in [6.07, 6.45) is 10.7. The number of hydrogen-bond acceptors (Lipinski definition) is 5. The molecule has 0 radical (unpaired) electrons. The number of nitrogens with zero attached hydrogens (tertiary/aromatic N) is 3. The van der Waals surface area contributed by atoms with E-state index in [0.29, 0.717) is 0 Å². The number of rotatable bonds is 8. The van der Waals surface area contributed by atoms with Gasteiger partial charge in [-0.1, -0.05) is 31.4 Å². The van der Waals surface area contributed by atoms with E-state index in [-0.39, 0.29) is 36.7 Å². The van der Waals surface area contributed by atoms with Crippen molar-refractivity contribution in [2.45, 2.75) is 89.5 Å². The molecule has 3 atom stereocenters. The molecule has 146 valence electrons. The normalized spacial score (nSPS) is 26.9. The van der Waals surface area contributed by atoms with Crippen LogP contribution < -0.4 is 5.32 Å². The molecule has 2 aliphatic rings. The van der Waals surface area contributed by atoms with Gasteiger partial charge in [0.1, 0.15) is 6.10 Å². The molecular weight excluding hydrogens is 332 g/mol. The van der Waals surface area contributed by atoms with E-state index in [1.54, 1.807) is 0 Å². The summed E-state index contributed by atoms with van der Waals surface area (Å²) in [5.74, 6) is 0.288. The maximum absolute atomic E-state index is 12.4. The predicted octanol–water partition coefficient (Wildman–Crippen LogP) is 1.84. The molecule has 26 heavy (non-hydrogen) atoms. The summed E-state index contributed by atoms with van der Waals surface area (Å²) in [6, 6.07) is -0.0770. The summed E-state index contributed by atoms with van der Waals surface area (Å²) in [5.41, 5.74) is 1.03. The van der Waals surface area contributed by atoms with Gasteiger partial charge in [0.25, 0.3) is 0 Å². The second-order valence-electron chi connectivity index (χ2n) is 7.66. The Kier molecular flexibility index (Phi) is 7.02. The zero-order valence-electron chi connectivity index (χ0n) is 15.8. The highest BCUT2D eigenvalue weighted by Crippen LogP contribution is 2.27. The quantitative estimate of drug-likeness (QED) is 0.735. The van der Waals surface area contributed by atoms with Crippen LogP contribution in [0.1, 0.15) is 64.0 Å². The standard InChI is InChI=1S/C19H32N4O3/c1-2-5-15-12-23(22-21-15)11-10-16-8-9-17(18(13-24)26-16)20-19(25)14-6-3-4-7-14/h12,14,16-18,24H,2-11,13H2,1H3,(H,20,25)/t16-,17+,18-/m0/s1. The Morgan fingerprint density at radius 2 is 2.15 bits per heavy atom. The number of aliphatic hydroxyl groups excluding tert-OH is 1. The minimum Gasteiger partial charge on any atom is -0.394 e. The molecule has 7 heteroatoms. The number of ether oxygens (including phenoxy) is 1. The molecule has 0 unspecified atom stereocenters. The largest absolute Gasteiger partial charge is 0.394 e. The van der Waals surface area contributed by atoms with Crippen LogP contribution >= 0.6 is 0 Å². The Morgan fingerprint density at radius 3 is 2.88 bits per heavy atom. The lowest BCUT2D eigenvalue weighted by atomic mass is 9.96. The summed E-state index contributed by atoms with van der Waals surface area (Å²) >= 11 is 0. The first kappa shape index (κ1) is 19.3. The first-order valence-electron chi connectivity index (χ1n) is 10.1. The highest BCUT2D eigenvalue weighted by Gasteiger charge is 2.33. The van der Waals surface area contributed by atoms with Crippen LogP contribution in [0.5, 0.6) is 0 Å². The van der Waals surface area contributed by atoms with Crippen molar-refractivity contribution >= 4 is 5.91 Å². The van der Waals surface area contributed by atoms with Crippen LogP contribution in [0.3, 0.4) is 0 Å². The summed E-state index contributed by atoms with van der Waals surface area (Å²) in [4.78, 5) is 12.4. The molecule has 2 fully saturated rings. The van der Waals surface area contributed by atoms with E-state index < -0.39 is 0 Å². The maximum Gasteiger partial charge on any atom is 0.223 e. The third-order valence-electron chi connectivity index (χ3n) is 5.62. The van der Waals surface area contributed by atoms with Gasteiger partial charge in [0.15, 0.2) is 0 Å². The first-order chi connectivity index (χ1) is 12.7. The van der Waals surface area contributed by atoms with Crippen LogP contribution in [0.4, 0.5) is 0 Å². The van der Waals surface area contributed by atoms with Crippen molar-refractivity contribution in [3.8, 4) is 0 Å². The van der Waals surface area contributed by atoms with E-state index >= 15 is 0 Å². The van der Waals surface area contributed by atoms with E-state index in [9.17, 15) is 9.90 Å². The van der Waals surface area contributed by atoms with Crippen molar-refractivity contribution in [2.24, 2.45) is 5.92 Å². The lowest BCUT2D eigenvalue weighted by Gasteiger charge is -2.36. The Bertz CT molecular complexity index is 571. The molecule has 1 saturated heterocycles. The number of carbonyl (C=O) groups excluding carboxylic acids is 1. The number of amides is 1. The van der Waals surface area contributed by atoms with Gasteiger partial charge in [0.05, 0.1) is 24.4 Å². The van der Waals surface area contributed by atoms with Gasteiger partial charge >= 0.3 is 0 Å². The highest BCUT2D eigenvalue weighted by molar-refractivity contribution is 5.79. The van der Waals surface area contributed by atoms with Gasteiger partial charge in [0, 0.05) is 18.7 Å². The highest BCUT2D eigenvalue weighted by atomic mass is 16.5. The van der Waals surface area contributed by atoms with Crippen LogP contribution in [-0.2, 0) is 22.5 Å². The van der Waals surface area contributed by atoms with Crippen LogP contribution in [0.25, 0.3) is 0 Å². The molecule has 0 aromatic carbocycles. The lowest BCUT2D eigenvalue weighted by molar-refractivity contribution is -0.132. The van der Waals surface area contributed by atoms with Crippen LogP contribution in [0.2, 0.25) is 0 Å². The number of nitrogens with one attached hydrogen (secondary N) is 1. The summed E-state index contributed by atoms with van der Waals surface area (Å²) in [5, 5.41) is 21.2. The first-order valence-corrected chi connectivity index (χ1v) is 10.1. The molecule has 1 amide bonds. The molecular formula is C19H32N4O3. The fourth-order valence-corrected chi connectivity index (χ4v) is 4.09. The maximum atomic E-state index is 12.4. The van der Waals surface area contributed by atoms with Gasteiger partial charge in [-0.3, -0.25) is 9.48 Å². The monoisotopic (exact) mass is 364 g/mol.